The first-order chi connectivity index (χ1) is 10.6. The fourth-order valence-corrected chi connectivity index (χ4v) is 2.83. The Bertz CT molecular complexity index is 860. The number of methoxy groups -OCH3 is 1. The van der Waals surface area contributed by atoms with E-state index in [0.29, 0.717) is 22.2 Å². The van der Waals surface area contributed by atoms with Gasteiger partial charge in [-0.05, 0) is 30.3 Å². The van der Waals surface area contributed by atoms with Crippen molar-refractivity contribution < 1.29 is 9.53 Å². The number of aromatic amines is 1. The lowest BCUT2D eigenvalue weighted by molar-refractivity contribution is 0.102. The summed E-state index contributed by atoms with van der Waals surface area (Å²) in [7, 11) is 1.58. The number of amides is 1. The van der Waals surface area contributed by atoms with Crippen LogP contribution in [0.15, 0.2) is 46.9 Å². The standard InChI is InChI=1S/C16H12BrClN2O2/c1-22-11-4-2-3-10(8-11)19-16(21)15-14(18)12-7-9(17)5-6-13(12)20-15/h2-8,20H,1H3,(H,19,21). The van der Waals surface area contributed by atoms with Crippen LogP contribution in [0.5, 0.6) is 5.75 Å². The summed E-state index contributed by atoms with van der Waals surface area (Å²) in [6, 6.07) is 12.8. The fourth-order valence-electron chi connectivity index (χ4n) is 2.18. The molecule has 0 spiro atoms. The van der Waals surface area contributed by atoms with Crippen LogP contribution in [0.3, 0.4) is 0 Å². The van der Waals surface area contributed by atoms with Crippen LogP contribution in [0.1, 0.15) is 10.5 Å². The lowest BCUT2D eigenvalue weighted by Crippen LogP contribution is -2.12. The molecule has 0 radical (unpaired) electrons. The minimum atomic E-state index is -0.300. The van der Waals surface area contributed by atoms with E-state index in [2.05, 4.69) is 26.2 Å². The van der Waals surface area contributed by atoms with Gasteiger partial charge in [-0.15, -0.1) is 0 Å². The van der Waals surface area contributed by atoms with Crippen LogP contribution in [0.25, 0.3) is 10.9 Å². The molecule has 2 aromatic carbocycles. The van der Waals surface area contributed by atoms with Gasteiger partial charge >= 0.3 is 0 Å². The Hall–Kier alpha value is -1.98. The van der Waals surface area contributed by atoms with Gasteiger partial charge in [0.2, 0.25) is 0 Å². The van der Waals surface area contributed by atoms with Gasteiger partial charge in [-0.25, -0.2) is 0 Å². The number of ether oxygens (including phenoxy) is 1. The Kier molecular flexibility index (Phi) is 4.09. The number of carbonyl (C=O) groups is 1. The first kappa shape index (κ1) is 14.9. The van der Waals surface area contributed by atoms with Crippen molar-refractivity contribution in [1.29, 1.82) is 0 Å². The van der Waals surface area contributed by atoms with Crippen molar-refractivity contribution in [2.75, 3.05) is 12.4 Å². The number of nitrogens with one attached hydrogen (secondary N) is 2. The number of halogens is 2. The number of aromatic nitrogens is 1. The van der Waals surface area contributed by atoms with Crippen LogP contribution < -0.4 is 10.1 Å². The van der Waals surface area contributed by atoms with Gasteiger partial charge in [-0.2, -0.15) is 0 Å². The van der Waals surface area contributed by atoms with Crippen molar-refractivity contribution in [3.63, 3.8) is 0 Å². The van der Waals surface area contributed by atoms with E-state index in [1.54, 1.807) is 25.3 Å². The van der Waals surface area contributed by atoms with Crippen molar-refractivity contribution in [1.82, 2.24) is 4.98 Å². The first-order valence-electron chi connectivity index (χ1n) is 6.50. The summed E-state index contributed by atoms with van der Waals surface area (Å²) in [5.41, 5.74) is 1.78. The molecular formula is C16H12BrClN2O2. The number of hydrogen-bond donors (Lipinski definition) is 2. The lowest BCUT2D eigenvalue weighted by Gasteiger charge is -2.06. The minimum absolute atomic E-state index is 0.300. The largest absolute Gasteiger partial charge is 0.497 e. The molecule has 1 heterocycles. The third-order valence-corrected chi connectivity index (χ3v) is 4.14. The van der Waals surface area contributed by atoms with E-state index in [9.17, 15) is 4.79 Å². The maximum Gasteiger partial charge on any atom is 0.273 e. The smallest absolute Gasteiger partial charge is 0.273 e. The van der Waals surface area contributed by atoms with E-state index in [-0.39, 0.29) is 5.91 Å². The lowest BCUT2D eigenvalue weighted by atomic mass is 10.2. The summed E-state index contributed by atoms with van der Waals surface area (Å²) >= 11 is 9.71. The first-order valence-corrected chi connectivity index (χ1v) is 7.67. The third-order valence-electron chi connectivity index (χ3n) is 3.25. The van der Waals surface area contributed by atoms with Crippen molar-refractivity contribution in [3.05, 3.63) is 57.7 Å². The van der Waals surface area contributed by atoms with E-state index >= 15 is 0 Å². The molecule has 0 fully saturated rings. The number of carbonyl (C=O) groups excluding carboxylic acids is 1. The van der Waals surface area contributed by atoms with Crippen LogP contribution in [-0.2, 0) is 0 Å². The molecule has 112 valence electrons. The van der Waals surface area contributed by atoms with Gasteiger partial charge in [0.15, 0.2) is 0 Å². The van der Waals surface area contributed by atoms with Crippen LogP contribution >= 0.6 is 27.5 Å². The van der Waals surface area contributed by atoms with E-state index in [4.69, 9.17) is 16.3 Å². The highest BCUT2D eigenvalue weighted by Gasteiger charge is 2.17. The van der Waals surface area contributed by atoms with Gasteiger partial charge in [0.25, 0.3) is 5.91 Å². The second-order valence-electron chi connectivity index (χ2n) is 4.69. The number of rotatable bonds is 3. The zero-order chi connectivity index (χ0) is 15.7. The van der Waals surface area contributed by atoms with Crippen molar-refractivity contribution in [2.24, 2.45) is 0 Å². The van der Waals surface area contributed by atoms with E-state index in [0.717, 1.165) is 15.4 Å². The summed E-state index contributed by atoms with van der Waals surface area (Å²) in [6.07, 6.45) is 0. The molecular weight excluding hydrogens is 368 g/mol. The second-order valence-corrected chi connectivity index (χ2v) is 5.98. The highest BCUT2D eigenvalue weighted by molar-refractivity contribution is 9.10. The molecule has 0 bridgehead atoms. The second kappa shape index (κ2) is 6.02. The molecule has 4 nitrogen and oxygen atoms in total. The predicted octanol–water partition coefficient (Wildman–Crippen LogP) is 4.84. The molecule has 0 saturated carbocycles. The van der Waals surface area contributed by atoms with E-state index < -0.39 is 0 Å². The average molecular weight is 380 g/mol. The highest BCUT2D eigenvalue weighted by atomic mass is 79.9. The van der Waals surface area contributed by atoms with Crippen LogP contribution in [0.2, 0.25) is 5.02 Å². The summed E-state index contributed by atoms with van der Waals surface area (Å²) in [4.78, 5) is 15.5. The molecule has 6 heteroatoms. The molecule has 0 aliphatic heterocycles. The molecule has 3 rings (SSSR count). The summed E-state index contributed by atoms with van der Waals surface area (Å²) in [5, 5.41) is 4.00. The number of benzene rings is 2. The Balaban J connectivity index is 1.93. The van der Waals surface area contributed by atoms with E-state index in [1.165, 1.54) is 0 Å². The zero-order valence-electron chi connectivity index (χ0n) is 11.6. The van der Waals surface area contributed by atoms with Crippen LogP contribution in [0, 0.1) is 0 Å². The number of H-pyrrole nitrogens is 1. The van der Waals surface area contributed by atoms with Gasteiger partial charge in [-0.3, -0.25) is 4.79 Å². The summed E-state index contributed by atoms with van der Waals surface area (Å²) in [5.74, 6) is 0.370. The maximum absolute atomic E-state index is 12.4. The SMILES string of the molecule is COc1cccc(NC(=O)c2[nH]c3ccc(Br)cc3c2Cl)c1. The molecule has 0 aliphatic carbocycles. The number of anilines is 1. The maximum atomic E-state index is 12.4. The quantitative estimate of drug-likeness (QED) is 0.684. The molecule has 0 saturated heterocycles. The normalized spacial score (nSPS) is 10.7. The molecule has 0 unspecified atom stereocenters. The van der Waals surface area contributed by atoms with E-state index in [1.807, 2.05) is 24.3 Å². The molecule has 22 heavy (non-hydrogen) atoms. The number of fused-ring (bicyclic) bond motifs is 1. The Labute approximate surface area is 140 Å². The molecule has 1 amide bonds. The number of hydrogen-bond acceptors (Lipinski definition) is 2. The Morgan fingerprint density at radius 1 is 1.27 bits per heavy atom. The summed E-state index contributed by atoms with van der Waals surface area (Å²) < 4.78 is 6.04. The topological polar surface area (TPSA) is 54.1 Å². The average Bonchev–Trinajstić information content (AvgIpc) is 2.84. The van der Waals surface area contributed by atoms with Gasteiger partial charge < -0.3 is 15.0 Å². The summed E-state index contributed by atoms with van der Waals surface area (Å²) in [6.45, 7) is 0. The molecule has 1 aromatic heterocycles. The third kappa shape index (κ3) is 2.82. The Morgan fingerprint density at radius 2 is 2.09 bits per heavy atom. The van der Waals surface area contributed by atoms with Crippen LogP contribution in [0.4, 0.5) is 5.69 Å². The molecule has 2 N–H and O–H groups in total. The Morgan fingerprint density at radius 3 is 2.86 bits per heavy atom. The van der Waals surface area contributed by atoms with Gasteiger partial charge in [-0.1, -0.05) is 33.6 Å². The van der Waals surface area contributed by atoms with Crippen molar-refractivity contribution in [3.8, 4) is 5.75 Å². The van der Waals surface area contributed by atoms with Gasteiger partial charge in [0.1, 0.15) is 11.4 Å². The zero-order valence-corrected chi connectivity index (χ0v) is 14.0. The minimum Gasteiger partial charge on any atom is -0.497 e. The molecule has 0 atom stereocenters. The van der Waals surface area contributed by atoms with Gasteiger partial charge in [0, 0.05) is 27.1 Å². The van der Waals surface area contributed by atoms with Crippen molar-refractivity contribution >= 4 is 50.0 Å². The van der Waals surface area contributed by atoms with Gasteiger partial charge in [0.05, 0.1) is 12.1 Å². The van der Waals surface area contributed by atoms with Crippen molar-refractivity contribution in [2.45, 2.75) is 0 Å². The van der Waals surface area contributed by atoms with Crippen LogP contribution in [-0.4, -0.2) is 18.0 Å². The molecule has 0 aliphatic rings. The fraction of sp³-hybridized carbons (Fsp3) is 0.0625. The predicted molar refractivity (Wildman–Crippen MR) is 92.0 cm³/mol. The highest BCUT2D eigenvalue weighted by Crippen LogP contribution is 2.30. The monoisotopic (exact) mass is 378 g/mol. The molecule has 3 aromatic rings.